The second-order valence-electron chi connectivity index (χ2n) is 5.51. The molecular weight excluding hydrogens is 271 g/mol. The van der Waals surface area contributed by atoms with Crippen LogP contribution in [0.2, 0.25) is 0 Å². The van der Waals surface area contributed by atoms with Crippen molar-refractivity contribution in [3.63, 3.8) is 0 Å². The fourth-order valence-electron chi connectivity index (χ4n) is 2.88. The first kappa shape index (κ1) is 13.8. The summed E-state index contributed by atoms with van der Waals surface area (Å²) in [6.45, 7) is 1.75. The van der Waals surface area contributed by atoms with Crippen molar-refractivity contribution >= 4 is 5.91 Å². The lowest BCUT2D eigenvalue weighted by Crippen LogP contribution is -2.33. The Morgan fingerprint density at radius 3 is 3.00 bits per heavy atom. The predicted molar refractivity (Wildman–Crippen MR) is 75.5 cm³/mol. The summed E-state index contributed by atoms with van der Waals surface area (Å²) in [5.41, 5.74) is 0.999. The van der Waals surface area contributed by atoms with Crippen LogP contribution in [0.3, 0.4) is 0 Å². The van der Waals surface area contributed by atoms with Crippen LogP contribution in [0, 0.1) is 12.7 Å². The maximum absolute atomic E-state index is 13.3. The predicted octanol–water partition coefficient (Wildman–Crippen LogP) is 3.19. The van der Waals surface area contributed by atoms with E-state index in [0.717, 1.165) is 24.8 Å². The molecule has 1 amide bonds. The molecular formula is C16H17FN2O2. The molecule has 0 aliphatic heterocycles. The summed E-state index contributed by atoms with van der Waals surface area (Å²) >= 11 is 0. The Balaban J connectivity index is 1.61. The molecule has 1 heterocycles. The average Bonchev–Trinajstić information content (AvgIpc) is 3.08. The van der Waals surface area contributed by atoms with Crippen molar-refractivity contribution in [3.05, 3.63) is 53.5 Å². The molecule has 21 heavy (non-hydrogen) atoms. The van der Waals surface area contributed by atoms with Crippen LogP contribution in [0.15, 0.2) is 34.9 Å². The molecule has 110 valence electrons. The van der Waals surface area contributed by atoms with Gasteiger partial charge < -0.3 is 9.73 Å². The highest BCUT2D eigenvalue weighted by Crippen LogP contribution is 2.34. The molecule has 0 unspecified atom stereocenters. The molecule has 1 aromatic heterocycles. The number of carbonyl (C=O) groups excluding carboxylic acids is 1. The third-order valence-electron chi connectivity index (χ3n) is 3.90. The highest BCUT2D eigenvalue weighted by atomic mass is 19.1. The van der Waals surface area contributed by atoms with Gasteiger partial charge in [0.15, 0.2) is 0 Å². The van der Waals surface area contributed by atoms with Crippen LogP contribution in [-0.4, -0.2) is 16.9 Å². The van der Waals surface area contributed by atoms with Gasteiger partial charge in [-0.1, -0.05) is 12.1 Å². The molecule has 0 saturated heterocycles. The van der Waals surface area contributed by atoms with Gasteiger partial charge in [-0.3, -0.25) is 4.79 Å². The van der Waals surface area contributed by atoms with Crippen LogP contribution in [0.4, 0.5) is 4.39 Å². The van der Waals surface area contributed by atoms with Crippen molar-refractivity contribution in [2.45, 2.75) is 38.1 Å². The van der Waals surface area contributed by atoms with Gasteiger partial charge in [-0.2, -0.15) is 0 Å². The normalized spacial score (nSPS) is 21.4. The van der Waals surface area contributed by atoms with E-state index in [0.29, 0.717) is 5.76 Å². The summed E-state index contributed by atoms with van der Waals surface area (Å²) in [6.07, 6.45) is 4.17. The fourth-order valence-corrected chi connectivity index (χ4v) is 2.88. The zero-order chi connectivity index (χ0) is 14.8. The second-order valence-corrected chi connectivity index (χ2v) is 5.51. The Kier molecular flexibility index (Phi) is 3.73. The highest BCUT2D eigenvalue weighted by Gasteiger charge is 2.28. The molecule has 1 aliphatic carbocycles. The topological polar surface area (TPSA) is 55.1 Å². The molecule has 4 nitrogen and oxygen atoms in total. The van der Waals surface area contributed by atoms with E-state index < -0.39 is 0 Å². The molecule has 2 atom stereocenters. The Morgan fingerprint density at radius 1 is 1.43 bits per heavy atom. The van der Waals surface area contributed by atoms with Gasteiger partial charge in [0.25, 0.3) is 5.89 Å². The van der Waals surface area contributed by atoms with Crippen LogP contribution < -0.4 is 5.32 Å². The number of nitrogens with one attached hydrogen (secondary N) is 1. The number of aryl methyl sites for hydroxylation is 1. The molecule has 1 fully saturated rings. The van der Waals surface area contributed by atoms with E-state index in [2.05, 4.69) is 10.3 Å². The minimum Gasteiger partial charge on any atom is -0.438 e. The van der Waals surface area contributed by atoms with Crippen LogP contribution in [-0.2, 0) is 0 Å². The molecule has 1 N–H and O–H groups in total. The van der Waals surface area contributed by atoms with Crippen molar-refractivity contribution < 1.29 is 13.6 Å². The Bertz CT molecular complexity index is 653. The van der Waals surface area contributed by atoms with Crippen molar-refractivity contribution in [2.24, 2.45) is 0 Å². The molecule has 0 spiro atoms. The SMILES string of the molecule is Cc1cnc(C(=O)N[C@@H]2CC[C@H](c3cccc(F)c3)C2)o1. The van der Waals surface area contributed by atoms with Gasteiger partial charge in [-0.05, 0) is 49.8 Å². The molecule has 2 aromatic rings. The van der Waals surface area contributed by atoms with Crippen molar-refractivity contribution in [1.29, 1.82) is 0 Å². The Hall–Kier alpha value is -2.17. The zero-order valence-corrected chi connectivity index (χ0v) is 11.8. The van der Waals surface area contributed by atoms with Gasteiger partial charge in [0.05, 0.1) is 6.20 Å². The molecule has 0 radical (unpaired) electrons. The molecule has 0 bridgehead atoms. The van der Waals surface area contributed by atoms with Crippen LogP contribution in [0.1, 0.15) is 47.2 Å². The first-order valence-electron chi connectivity index (χ1n) is 7.10. The van der Waals surface area contributed by atoms with Gasteiger partial charge in [-0.25, -0.2) is 9.37 Å². The highest BCUT2D eigenvalue weighted by molar-refractivity contribution is 5.89. The summed E-state index contributed by atoms with van der Waals surface area (Å²) in [7, 11) is 0. The Morgan fingerprint density at radius 2 is 2.29 bits per heavy atom. The average molecular weight is 288 g/mol. The van der Waals surface area contributed by atoms with E-state index >= 15 is 0 Å². The van der Waals surface area contributed by atoms with E-state index in [1.807, 2.05) is 6.07 Å². The van der Waals surface area contributed by atoms with Crippen LogP contribution >= 0.6 is 0 Å². The van der Waals surface area contributed by atoms with Crippen LogP contribution in [0.25, 0.3) is 0 Å². The fraction of sp³-hybridized carbons (Fsp3) is 0.375. The van der Waals surface area contributed by atoms with E-state index in [9.17, 15) is 9.18 Å². The molecule has 1 saturated carbocycles. The lowest BCUT2D eigenvalue weighted by molar-refractivity contribution is 0.0901. The maximum Gasteiger partial charge on any atom is 0.307 e. The number of oxazole rings is 1. The summed E-state index contributed by atoms with van der Waals surface area (Å²) in [5.74, 6) is 0.506. The minimum absolute atomic E-state index is 0.0815. The molecule has 1 aliphatic rings. The van der Waals surface area contributed by atoms with E-state index in [1.165, 1.54) is 12.3 Å². The van der Waals surface area contributed by atoms with Gasteiger partial charge >= 0.3 is 5.91 Å². The van der Waals surface area contributed by atoms with E-state index in [4.69, 9.17) is 4.42 Å². The maximum atomic E-state index is 13.3. The van der Waals surface area contributed by atoms with E-state index in [1.54, 1.807) is 19.1 Å². The first-order valence-corrected chi connectivity index (χ1v) is 7.10. The van der Waals surface area contributed by atoms with Gasteiger partial charge in [0, 0.05) is 6.04 Å². The number of amides is 1. The third kappa shape index (κ3) is 3.12. The summed E-state index contributed by atoms with van der Waals surface area (Å²) < 4.78 is 18.5. The number of hydrogen-bond donors (Lipinski definition) is 1. The van der Waals surface area contributed by atoms with Crippen molar-refractivity contribution in [3.8, 4) is 0 Å². The molecule has 1 aromatic carbocycles. The summed E-state index contributed by atoms with van der Waals surface area (Å²) in [5, 5.41) is 2.93. The smallest absolute Gasteiger partial charge is 0.307 e. The summed E-state index contributed by atoms with van der Waals surface area (Å²) in [6, 6.07) is 6.77. The van der Waals surface area contributed by atoms with Crippen LogP contribution in [0.5, 0.6) is 0 Å². The van der Waals surface area contributed by atoms with Crippen molar-refractivity contribution in [2.75, 3.05) is 0 Å². The van der Waals surface area contributed by atoms with Gasteiger partial charge in [-0.15, -0.1) is 0 Å². The number of benzene rings is 1. The Labute approximate surface area is 122 Å². The van der Waals surface area contributed by atoms with Gasteiger partial charge in [0.1, 0.15) is 11.6 Å². The first-order chi connectivity index (χ1) is 10.1. The standard InChI is InChI=1S/C16H17FN2O2/c1-10-9-18-16(21-10)15(20)19-14-6-5-12(8-14)11-3-2-4-13(17)7-11/h2-4,7,9,12,14H,5-6,8H2,1H3,(H,19,20)/t12-,14+/m0/s1. The molecule has 3 rings (SSSR count). The number of rotatable bonds is 3. The minimum atomic E-state index is -0.284. The molecule has 5 heteroatoms. The third-order valence-corrected chi connectivity index (χ3v) is 3.90. The number of aromatic nitrogens is 1. The lowest BCUT2D eigenvalue weighted by Gasteiger charge is -2.12. The van der Waals surface area contributed by atoms with Crippen molar-refractivity contribution in [1.82, 2.24) is 10.3 Å². The van der Waals surface area contributed by atoms with E-state index in [-0.39, 0.29) is 29.6 Å². The summed E-state index contributed by atoms with van der Waals surface area (Å²) in [4.78, 5) is 15.9. The zero-order valence-electron chi connectivity index (χ0n) is 11.8. The number of halogens is 1. The number of hydrogen-bond acceptors (Lipinski definition) is 3. The number of nitrogens with zero attached hydrogens (tertiary/aromatic N) is 1. The largest absolute Gasteiger partial charge is 0.438 e. The quantitative estimate of drug-likeness (QED) is 0.943. The number of carbonyl (C=O) groups is 1. The lowest BCUT2D eigenvalue weighted by atomic mass is 9.97. The monoisotopic (exact) mass is 288 g/mol. The second kappa shape index (κ2) is 5.68. The van der Waals surface area contributed by atoms with Gasteiger partial charge in [0.2, 0.25) is 0 Å².